The number of benzene rings is 1. The molecule has 3 rings (SSSR count). The van der Waals surface area contributed by atoms with Crippen molar-refractivity contribution in [1.29, 1.82) is 0 Å². The van der Waals surface area contributed by atoms with E-state index in [0.29, 0.717) is 24.5 Å². The standard InChI is InChI=1S/C29H36N6O5/c1-28(2,3)40-27(39)35-23-14-11-19(17-31-23)18-32-26(38)30-16-15-29(4,5)22-13-12-21(25(36)37)24(34-22)33-20-9-7-6-8-10-20/h6-14,17H,15-16,18H2,1-5H3,(H,33,34)(H,36,37)(H2,30,32,38)(H,31,35,39). The Kier molecular flexibility index (Phi) is 9.65. The maximum absolute atomic E-state index is 12.4. The van der Waals surface area contributed by atoms with E-state index in [4.69, 9.17) is 4.74 Å². The quantitative estimate of drug-likeness (QED) is 0.225. The van der Waals surface area contributed by atoms with Gasteiger partial charge >= 0.3 is 18.1 Å². The lowest BCUT2D eigenvalue weighted by Crippen LogP contribution is -2.37. The highest BCUT2D eigenvalue weighted by Crippen LogP contribution is 2.28. The van der Waals surface area contributed by atoms with Crippen molar-refractivity contribution < 1.29 is 24.2 Å². The van der Waals surface area contributed by atoms with Gasteiger partial charge in [-0.05, 0) is 63.1 Å². The first-order valence-electron chi connectivity index (χ1n) is 12.9. The summed E-state index contributed by atoms with van der Waals surface area (Å²) < 4.78 is 5.20. The Balaban J connectivity index is 1.50. The van der Waals surface area contributed by atoms with Crippen molar-refractivity contribution in [2.75, 3.05) is 17.2 Å². The van der Waals surface area contributed by atoms with Gasteiger partial charge in [-0.25, -0.2) is 24.4 Å². The molecule has 11 nitrogen and oxygen atoms in total. The Hall–Kier alpha value is -4.67. The number of para-hydroxylation sites is 1. The number of amides is 3. The van der Waals surface area contributed by atoms with Gasteiger partial charge in [-0.2, -0.15) is 0 Å². The summed E-state index contributed by atoms with van der Waals surface area (Å²) in [6, 6.07) is 15.5. The number of anilines is 3. The third-order valence-electron chi connectivity index (χ3n) is 5.80. The minimum atomic E-state index is -1.07. The van der Waals surface area contributed by atoms with Crippen molar-refractivity contribution >= 4 is 35.4 Å². The molecule has 40 heavy (non-hydrogen) atoms. The number of pyridine rings is 2. The molecule has 0 spiro atoms. The van der Waals surface area contributed by atoms with E-state index >= 15 is 0 Å². The predicted octanol–water partition coefficient (Wildman–Crippen LogP) is 5.43. The van der Waals surface area contributed by atoms with Crippen LogP contribution in [-0.2, 0) is 16.7 Å². The molecule has 0 aliphatic heterocycles. The molecule has 0 saturated heterocycles. The van der Waals surface area contributed by atoms with Gasteiger partial charge in [0.25, 0.3) is 0 Å². The van der Waals surface area contributed by atoms with Crippen LogP contribution >= 0.6 is 0 Å². The van der Waals surface area contributed by atoms with Crippen LogP contribution in [0.25, 0.3) is 0 Å². The van der Waals surface area contributed by atoms with Crippen LogP contribution in [-0.4, -0.2) is 45.3 Å². The molecule has 0 atom stereocenters. The number of rotatable bonds is 10. The molecular weight excluding hydrogens is 512 g/mol. The summed E-state index contributed by atoms with van der Waals surface area (Å²) in [5.41, 5.74) is 1.20. The number of hydrogen-bond acceptors (Lipinski definition) is 7. The number of hydrogen-bond donors (Lipinski definition) is 5. The van der Waals surface area contributed by atoms with Crippen LogP contribution in [0, 0.1) is 0 Å². The highest BCUT2D eigenvalue weighted by molar-refractivity contribution is 5.94. The molecule has 3 amide bonds. The van der Waals surface area contributed by atoms with E-state index in [1.165, 1.54) is 0 Å². The van der Waals surface area contributed by atoms with Gasteiger partial charge in [0.15, 0.2) is 0 Å². The molecule has 0 aliphatic carbocycles. The van der Waals surface area contributed by atoms with E-state index in [1.807, 2.05) is 44.2 Å². The molecule has 0 fully saturated rings. The van der Waals surface area contributed by atoms with Gasteiger partial charge in [-0.3, -0.25) is 5.32 Å². The normalized spacial score (nSPS) is 11.3. The summed E-state index contributed by atoms with van der Waals surface area (Å²) in [5.74, 6) is -0.467. The van der Waals surface area contributed by atoms with Crippen LogP contribution in [0.5, 0.6) is 0 Å². The minimum Gasteiger partial charge on any atom is -0.478 e. The van der Waals surface area contributed by atoms with Crippen molar-refractivity contribution in [2.45, 2.75) is 58.6 Å². The summed E-state index contributed by atoms with van der Waals surface area (Å²) in [6.45, 7) is 9.92. The lowest BCUT2D eigenvalue weighted by atomic mass is 9.85. The summed E-state index contributed by atoms with van der Waals surface area (Å²) in [4.78, 5) is 44.7. The molecule has 0 aliphatic rings. The highest BCUT2D eigenvalue weighted by Gasteiger charge is 2.25. The van der Waals surface area contributed by atoms with Gasteiger partial charge in [0.2, 0.25) is 0 Å². The Morgan fingerprint density at radius 2 is 1.65 bits per heavy atom. The van der Waals surface area contributed by atoms with E-state index in [2.05, 4.69) is 31.2 Å². The second-order valence-electron chi connectivity index (χ2n) is 10.8. The van der Waals surface area contributed by atoms with E-state index in [-0.39, 0.29) is 24.0 Å². The number of aromatic nitrogens is 2. The molecule has 0 saturated carbocycles. The van der Waals surface area contributed by atoms with Crippen LogP contribution in [0.2, 0.25) is 0 Å². The zero-order valence-corrected chi connectivity index (χ0v) is 23.4. The maximum atomic E-state index is 12.4. The lowest BCUT2D eigenvalue weighted by molar-refractivity contribution is 0.0633. The smallest absolute Gasteiger partial charge is 0.413 e. The van der Waals surface area contributed by atoms with Crippen LogP contribution in [0.4, 0.5) is 26.9 Å². The Morgan fingerprint density at radius 1 is 0.925 bits per heavy atom. The van der Waals surface area contributed by atoms with Gasteiger partial charge in [0, 0.05) is 36.1 Å². The second-order valence-corrected chi connectivity index (χ2v) is 10.8. The van der Waals surface area contributed by atoms with E-state index in [9.17, 15) is 19.5 Å². The fourth-order valence-electron chi connectivity index (χ4n) is 3.63. The summed E-state index contributed by atoms with van der Waals surface area (Å²) in [5, 5.41) is 20.9. The van der Waals surface area contributed by atoms with Crippen molar-refractivity contribution in [1.82, 2.24) is 20.6 Å². The first-order chi connectivity index (χ1) is 18.8. The SMILES string of the molecule is CC(C)(C)OC(=O)Nc1ccc(CNC(=O)NCCC(C)(C)c2ccc(C(=O)O)c(Nc3ccccc3)n2)cn1. The number of ether oxygens (including phenoxy) is 1. The molecule has 0 radical (unpaired) electrons. The zero-order valence-electron chi connectivity index (χ0n) is 23.4. The minimum absolute atomic E-state index is 0.0732. The number of nitrogens with one attached hydrogen (secondary N) is 4. The molecular formula is C29H36N6O5. The van der Waals surface area contributed by atoms with Gasteiger partial charge in [-0.15, -0.1) is 0 Å². The van der Waals surface area contributed by atoms with Gasteiger partial charge in [0.05, 0.1) is 0 Å². The third kappa shape index (κ3) is 9.26. The number of nitrogens with zero attached hydrogens (tertiary/aromatic N) is 2. The fraction of sp³-hybridized carbons (Fsp3) is 0.345. The second kappa shape index (κ2) is 12.9. The monoisotopic (exact) mass is 548 g/mol. The first-order valence-corrected chi connectivity index (χ1v) is 12.9. The predicted molar refractivity (Wildman–Crippen MR) is 153 cm³/mol. The van der Waals surface area contributed by atoms with Crippen LogP contribution in [0.1, 0.15) is 62.7 Å². The summed E-state index contributed by atoms with van der Waals surface area (Å²) in [6.07, 6.45) is 1.53. The molecule has 0 unspecified atom stereocenters. The molecule has 212 valence electrons. The summed E-state index contributed by atoms with van der Waals surface area (Å²) >= 11 is 0. The Morgan fingerprint density at radius 3 is 2.27 bits per heavy atom. The van der Waals surface area contributed by atoms with E-state index in [1.54, 1.807) is 51.2 Å². The topological polar surface area (TPSA) is 155 Å². The number of carboxylic acids is 1. The molecule has 2 aromatic heterocycles. The third-order valence-corrected chi connectivity index (χ3v) is 5.80. The average Bonchev–Trinajstić information content (AvgIpc) is 2.87. The number of carbonyl (C=O) groups is 3. The molecule has 3 aromatic rings. The molecule has 5 N–H and O–H groups in total. The highest BCUT2D eigenvalue weighted by atomic mass is 16.6. The maximum Gasteiger partial charge on any atom is 0.413 e. The number of urea groups is 1. The van der Waals surface area contributed by atoms with Crippen molar-refractivity contribution in [3.63, 3.8) is 0 Å². The van der Waals surface area contributed by atoms with Crippen LogP contribution < -0.4 is 21.3 Å². The first kappa shape index (κ1) is 29.9. The van der Waals surface area contributed by atoms with Crippen LogP contribution in [0.15, 0.2) is 60.8 Å². The largest absolute Gasteiger partial charge is 0.478 e. The van der Waals surface area contributed by atoms with Gasteiger partial charge in [0.1, 0.15) is 22.8 Å². The Bertz CT molecular complexity index is 1320. The fourth-order valence-corrected chi connectivity index (χ4v) is 3.63. The van der Waals surface area contributed by atoms with E-state index in [0.717, 1.165) is 11.3 Å². The van der Waals surface area contributed by atoms with Gasteiger partial charge in [-0.1, -0.05) is 38.1 Å². The van der Waals surface area contributed by atoms with Gasteiger partial charge < -0.3 is 25.8 Å². The Labute approximate surface area is 233 Å². The van der Waals surface area contributed by atoms with E-state index < -0.39 is 23.1 Å². The molecule has 2 heterocycles. The van der Waals surface area contributed by atoms with Crippen molar-refractivity contribution in [2.24, 2.45) is 0 Å². The average molecular weight is 549 g/mol. The van der Waals surface area contributed by atoms with Crippen molar-refractivity contribution in [3.05, 3.63) is 77.6 Å². The summed E-state index contributed by atoms with van der Waals surface area (Å²) in [7, 11) is 0. The van der Waals surface area contributed by atoms with Crippen molar-refractivity contribution in [3.8, 4) is 0 Å². The molecule has 11 heteroatoms. The molecule has 1 aromatic carbocycles. The number of carbonyl (C=O) groups excluding carboxylic acids is 2. The lowest BCUT2D eigenvalue weighted by Gasteiger charge is -2.25. The molecule has 0 bridgehead atoms. The van der Waals surface area contributed by atoms with Crippen LogP contribution in [0.3, 0.4) is 0 Å². The number of carboxylic acid groups (broad SMARTS) is 1. The zero-order chi connectivity index (χ0) is 29.3. The number of aromatic carboxylic acids is 1.